The van der Waals surface area contributed by atoms with Crippen molar-refractivity contribution in [1.82, 2.24) is 5.32 Å². The molecule has 0 radical (unpaired) electrons. The normalized spacial score (nSPS) is 23.0. The zero-order valence-corrected chi connectivity index (χ0v) is 8.30. The van der Waals surface area contributed by atoms with E-state index in [0.717, 1.165) is 6.54 Å². The Balaban J connectivity index is 2.44. The van der Waals surface area contributed by atoms with E-state index >= 15 is 0 Å². The molecule has 1 nitrogen and oxygen atoms in total. The summed E-state index contributed by atoms with van der Waals surface area (Å²) in [7, 11) is 2.01. The van der Waals surface area contributed by atoms with Crippen molar-refractivity contribution in [2.45, 2.75) is 20.3 Å². The summed E-state index contributed by atoms with van der Waals surface area (Å²) in [4.78, 5) is 0. The molecule has 1 heteroatoms. The van der Waals surface area contributed by atoms with Crippen LogP contribution in [0, 0.1) is 11.8 Å². The average Bonchev–Trinajstić information content (AvgIpc) is 2.06. The first-order chi connectivity index (χ1) is 5.74. The van der Waals surface area contributed by atoms with Gasteiger partial charge in [-0.3, -0.25) is 0 Å². The third-order valence-electron chi connectivity index (χ3n) is 2.35. The van der Waals surface area contributed by atoms with Gasteiger partial charge in [0.05, 0.1) is 0 Å². The molecule has 0 aromatic carbocycles. The maximum Gasteiger partial charge on any atom is 0.00143 e. The van der Waals surface area contributed by atoms with Crippen molar-refractivity contribution in [2.75, 3.05) is 13.6 Å². The highest BCUT2D eigenvalue weighted by Crippen LogP contribution is 2.20. The molecule has 0 unspecified atom stereocenters. The van der Waals surface area contributed by atoms with Crippen LogP contribution in [0.2, 0.25) is 0 Å². The molecule has 1 aliphatic carbocycles. The van der Waals surface area contributed by atoms with Crippen LogP contribution in [-0.2, 0) is 0 Å². The minimum Gasteiger partial charge on any atom is -0.319 e. The zero-order valence-electron chi connectivity index (χ0n) is 8.30. The first-order valence-corrected chi connectivity index (χ1v) is 4.77. The van der Waals surface area contributed by atoms with Crippen molar-refractivity contribution < 1.29 is 0 Å². The number of nitrogens with one attached hydrogen (secondary N) is 1. The second-order valence-corrected chi connectivity index (χ2v) is 3.77. The van der Waals surface area contributed by atoms with Gasteiger partial charge in [-0.05, 0) is 30.9 Å². The highest BCUT2D eigenvalue weighted by Gasteiger charge is 2.08. The Morgan fingerprint density at radius 2 is 2.33 bits per heavy atom. The third-order valence-corrected chi connectivity index (χ3v) is 2.35. The highest BCUT2D eigenvalue weighted by atomic mass is 14.8. The average molecular weight is 165 g/mol. The molecule has 0 aromatic heterocycles. The molecule has 0 saturated heterocycles. The van der Waals surface area contributed by atoms with Gasteiger partial charge in [0.1, 0.15) is 0 Å². The Morgan fingerprint density at radius 1 is 1.58 bits per heavy atom. The SMILES string of the molecule is CNC[C@H]1C=CC(C(C)C)=CC1. The van der Waals surface area contributed by atoms with Crippen LogP contribution < -0.4 is 5.32 Å². The predicted molar refractivity (Wildman–Crippen MR) is 54.1 cm³/mol. The standard InChI is InChI=1S/C11H19N/c1-9(2)11-6-4-10(5-7-11)8-12-3/h4,6-7,9-10,12H,5,8H2,1-3H3/t10-/m0/s1. The van der Waals surface area contributed by atoms with Gasteiger partial charge in [-0.15, -0.1) is 0 Å². The fourth-order valence-electron chi connectivity index (χ4n) is 1.52. The lowest BCUT2D eigenvalue weighted by atomic mass is 9.91. The van der Waals surface area contributed by atoms with Gasteiger partial charge in [-0.2, -0.15) is 0 Å². The molecule has 0 fully saturated rings. The Morgan fingerprint density at radius 3 is 2.75 bits per heavy atom. The summed E-state index contributed by atoms with van der Waals surface area (Å²) in [5, 5.41) is 3.20. The number of hydrogen-bond donors (Lipinski definition) is 1. The molecule has 0 heterocycles. The smallest absolute Gasteiger partial charge is 0.00143 e. The number of allylic oxidation sites excluding steroid dienone is 3. The molecule has 12 heavy (non-hydrogen) atoms. The van der Waals surface area contributed by atoms with Gasteiger partial charge in [-0.25, -0.2) is 0 Å². The summed E-state index contributed by atoms with van der Waals surface area (Å²) in [6, 6.07) is 0. The fourth-order valence-corrected chi connectivity index (χ4v) is 1.52. The Hall–Kier alpha value is -0.560. The summed E-state index contributed by atoms with van der Waals surface area (Å²) >= 11 is 0. The molecular formula is C11H19N. The van der Waals surface area contributed by atoms with Crippen LogP contribution in [0.3, 0.4) is 0 Å². The zero-order chi connectivity index (χ0) is 8.97. The highest BCUT2D eigenvalue weighted by molar-refractivity contribution is 5.25. The van der Waals surface area contributed by atoms with Crippen LogP contribution in [0.25, 0.3) is 0 Å². The molecule has 1 N–H and O–H groups in total. The van der Waals surface area contributed by atoms with Crippen LogP contribution in [0.5, 0.6) is 0 Å². The molecule has 0 saturated carbocycles. The minimum atomic E-state index is 0.678. The van der Waals surface area contributed by atoms with Crippen molar-refractivity contribution in [2.24, 2.45) is 11.8 Å². The quantitative estimate of drug-likeness (QED) is 0.677. The monoisotopic (exact) mass is 165 g/mol. The summed E-state index contributed by atoms with van der Waals surface area (Å²) < 4.78 is 0. The molecule has 0 aromatic rings. The van der Waals surface area contributed by atoms with E-state index in [0.29, 0.717) is 11.8 Å². The van der Waals surface area contributed by atoms with E-state index in [1.54, 1.807) is 0 Å². The van der Waals surface area contributed by atoms with Crippen molar-refractivity contribution in [3.63, 3.8) is 0 Å². The minimum absolute atomic E-state index is 0.678. The van der Waals surface area contributed by atoms with Crippen LogP contribution in [0.4, 0.5) is 0 Å². The van der Waals surface area contributed by atoms with E-state index in [1.165, 1.54) is 12.0 Å². The summed E-state index contributed by atoms with van der Waals surface area (Å²) in [6.45, 7) is 5.58. The fraction of sp³-hybridized carbons (Fsp3) is 0.636. The van der Waals surface area contributed by atoms with Gasteiger partial charge in [-0.1, -0.05) is 32.1 Å². The number of rotatable bonds is 3. The van der Waals surface area contributed by atoms with E-state index in [-0.39, 0.29) is 0 Å². The Bertz CT molecular complexity index is 189. The lowest BCUT2D eigenvalue weighted by Gasteiger charge is -2.17. The lowest BCUT2D eigenvalue weighted by molar-refractivity contribution is 0.592. The summed E-state index contributed by atoms with van der Waals surface area (Å²) in [5.41, 5.74) is 1.49. The first-order valence-electron chi connectivity index (χ1n) is 4.77. The first kappa shape index (κ1) is 9.53. The van der Waals surface area contributed by atoms with Gasteiger partial charge < -0.3 is 5.32 Å². The van der Waals surface area contributed by atoms with Gasteiger partial charge in [0.15, 0.2) is 0 Å². The van der Waals surface area contributed by atoms with E-state index in [4.69, 9.17) is 0 Å². The van der Waals surface area contributed by atoms with E-state index in [9.17, 15) is 0 Å². The molecule has 1 atom stereocenters. The molecule has 0 aliphatic heterocycles. The topological polar surface area (TPSA) is 12.0 Å². The second-order valence-electron chi connectivity index (χ2n) is 3.77. The lowest BCUT2D eigenvalue weighted by Crippen LogP contribution is -2.18. The molecule has 68 valence electrons. The molecule has 0 amide bonds. The van der Waals surface area contributed by atoms with E-state index in [1.807, 2.05) is 7.05 Å². The maximum atomic E-state index is 3.20. The maximum absolute atomic E-state index is 3.20. The number of hydrogen-bond acceptors (Lipinski definition) is 1. The second kappa shape index (κ2) is 4.46. The third kappa shape index (κ3) is 2.49. The van der Waals surface area contributed by atoms with Crippen molar-refractivity contribution in [3.05, 3.63) is 23.8 Å². The molecule has 1 aliphatic rings. The van der Waals surface area contributed by atoms with E-state index < -0.39 is 0 Å². The summed E-state index contributed by atoms with van der Waals surface area (Å²) in [5.74, 6) is 1.38. The summed E-state index contributed by atoms with van der Waals surface area (Å²) in [6.07, 6.45) is 8.17. The van der Waals surface area contributed by atoms with Gasteiger partial charge >= 0.3 is 0 Å². The Labute approximate surface area is 75.6 Å². The molecule has 1 rings (SSSR count). The van der Waals surface area contributed by atoms with E-state index in [2.05, 4.69) is 37.4 Å². The van der Waals surface area contributed by atoms with Crippen LogP contribution in [0.15, 0.2) is 23.8 Å². The molecule has 0 spiro atoms. The molecule has 0 bridgehead atoms. The molecular weight excluding hydrogens is 146 g/mol. The Kier molecular flexibility index (Phi) is 3.54. The van der Waals surface area contributed by atoms with Crippen molar-refractivity contribution in [3.8, 4) is 0 Å². The van der Waals surface area contributed by atoms with Gasteiger partial charge in [0.2, 0.25) is 0 Å². The van der Waals surface area contributed by atoms with Crippen molar-refractivity contribution >= 4 is 0 Å². The van der Waals surface area contributed by atoms with Crippen molar-refractivity contribution in [1.29, 1.82) is 0 Å². The largest absolute Gasteiger partial charge is 0.319 e. The predicted octanol–water partition coefficient (Wildman–Crippen LogP) is 2.36. The van der Waals surface area contributed by atoms with Gasteiger partial charge in [0.25, 0.3) is 0 Å². The van der Waals surface area contributed by atoms with Crippen LogP contribution in [-0.4, -0.2) is 13.6 Å². The van der Waals surface area contributed by atoms with Crippen LogP contribution >= 0.6 is 0 Å². The van der Waals surface area contributed by atoms with Gasteiger partial charge in [0, 0.05) is 6.54 Å². The van der Waals surface area contributed by atoms with Crippen LogP contribution in [0.1, 0.15) is 20.3 Å².